The lowest BCUT2D eigenvalue weighted by Crippen LogP contribution is -2.20. The molecule has 0 amide bonds. The molecule has 0 unspecified atom stereocenters. The molecule has 0 atom stereocenters. The van der Waals surface area contributed by atoms with E-state index in [1.54, 1.807) is 0 Å². The number of carbonyl (C=O) groups is 4. The van der Waals surface area contributed by atoms with Gasteiger partial charge in [-0.3, -0.25) is 14.4 Å². The summed E-state index contributed by atoms with van der Waals surface area (Å²) in [4.78, 5) is 52.1. The summed E-state index contributed by atoms with van der Waals surface area (Å²) >= 11 is 0. The van der Waals surface area contributed by atoms with Gasteiger partial charge in [-0.15, -0.1) is 0 Å². The number of aromatic carboxylic acids is 1. The molecule has 7 nitrogen and oxygen atoms in total. The first kappa shape index (κ1) is 13.6. The molecule has 0 bridgehead atoms. The number of hydrogen-bond acceptors (Lipinski definition) is 6. The van der Waals surface area contributed by atoms with Crippen LogP contribution >= 0.6 is 0 Å². The maximum absolute atomic E-state index is 11.4. The quantitative estimate of drug-likeness (QED) is 0.785. The van der Waals surface area contributed by atoms with Crippen LogP contribution in [0.4, 0.5) is 0 Å². The molecule has 1 aromatic heterocycles. The van der Waals surface area contributed by atoms with Gasteiger partial charge in [0.05, 0.1) is 5.56 Å². The monoisotopic (exact) mass is 250 g/mol. The van der Waals surface area contributed by atoms with Crippen molar-refractivity contribution in [3.05, 3.63) is 22.8 Å². The molecule has 1 heterocycles. The highest BCUT2D eigenvalue weighted by Gasteiger charge is 2.25. The molecule has 1 rings (SSSR count). The molecular weight excluding hydrogens is 240 g/mol. The largest absolute Gasteiger partial charge is 0.476 e. The van der Waals surface area contributed by atoms with Crippen LogP contribution in [0.2, 0.25) is 0 Å². The fourth-order valence-electron chi connectivity index (χ4n) is 1.36. The number of Topliss-reactive ketones (excluding diaryl/α,β-unsaturated/α-hetero) is 3. The summed E-state index contributed by atoms with van der Waals surface area (Å²) < 4.78 is 0. The highest BCUT2D eigenvalue weighted by molar-refractivity contribution is 6.11. The Kier molecular flexibility index (Phi) is 3.65. The first-order valence-electron chi connectivity index (χ1n) is 4.93. The summed E-state index contributed by atoms with van der Waals surface area (Å²) in [6, 6.07) is 0. The number of ketones is 3. The van der Waals surface area contributed by atoms with Crippen molar-refractivity contribution < 1.29 is 24.3 Å². The lowest BCUT2D eigenvalue weighted by atomic mass is 10.0. The van der Waals surface area contributed by atoms with Crippen LogP contribution in [0.3, 0.4) is 0 Å². The highest BCUT2D eigenvalue weighted by atomic mass is 16.4. The number of aromatic nitrogens is 2. The lowest BCUT2D eigenvalue weighted by Gasteiger charge is -2.07. The third kappa shape index (κ3) is 2.45. The number of carboxylic acids is 1. The van der Waals surface area contributed by atoms with Crippen molar-refractivity contribution in [2.24, 2.45) is 0 Å². The third-order valence-electron chi connectivity index (χ3n) is 2.11. The lowest BCUT2D eigenvalue weighted by molar-refractivity contribution is 0.0685. The van der Waals surface area contributed by atoms with Gasteiger partial charge in [0.2, 0.25) is 0 Å². The average Bonchev–Trinajstić information content (AvgIpc) is 2.26. The Morgan fingerprint density at radius 2 is 1.33 bits per heavy atom. The van der Waals surface area contributed by atoms with E-state index >= 15 is 0 Å². The minimum absolute atomic E-state index is 0.347. The number of rotatable bonds is 4. The molecule has 0 aliphatic carbocycles. The third-order valence-corrected chi connectivity index (χ3v) is 2.11. The van der Waals surface area contributed by atoms with Crippen LogP contribution in [0.25, 0.3) is 0 Å². The van der Waals surface area contributed by atoms with Crippen molar-refractivity contribution in [3.63, 3.8) is 0 Å². The summed E-state index contributed by atoms with van der Waals surface area (Å²) in [6.07, 6.45) is 0. The Labute approximate surface area is 102 Å². The van der Waals surface area contributed by atoms with Gasteiger partial charge in [0.15, 0.2) is 28.9 Å². The summed E-state index contributed by atoms with van der Waals surface area (Å²) in [5.41, 5.74) is -1.35. The number of hydrogen-bond donors (Lipinski definition) is 1. The summed E-state index contributed by atoms with van der Waals surface area (Å²) in [5.74, 6) is -3.73. The van der Waals surface area contributed by atoms with Gasteiger partial charge in [0.25, 0.3) is 0 Å². The van der Waals surface area contributed by atoms with Crippen molar-refractivity contribution in [2.75, 3.05) is 0 Å². The first-order valence-corrected chi connectivity index (χ1v) is 4.93. The molecule has 0 fully saturated rings. The normalized spacial score (nSPS) is 9.94. The van der Waals surface area contributed by atoms with E-state index in [-0.39, 0.29) is 11.3 Å². The second kappa shape index (κ2) is 4.82. The van der Waals surface area contributed by atoms with E-state index in [4.69, 9.17) is 5.11 Å². The maximum atomic E-state index is 11.4. The predicted octanol–water partition coefficient (Wildman–Crippen LogP) is 0.783. The summed E-state index contributed by atoms with van der Waals surface area (Å²) in [5, 5.41) is 8.96. The minimum atomic E-state index is -1.49. The van der Waals surface area contributed by atoms with Crippen LogP contribution in [0, 0.1) is 0 Å². The first-order chi connectivity index (χ1) is 8.25. The van der Waals surface area contributed by atoms with Crippen LogP contribution in [0.1, 0.15) is 62.7 Å². The fourth-order valence-corrected chi connectivity index (χ4v) is 1.36. The van der Waals surface area contributed by atoms with E-state index in [9.17, 15) is 19.2 Å². The zero-order chi connectivity index (χ0) is 14.0. The Balaban J connectivity index is 3.76. The molecule has 0 aromatic carbocycles. The zero-order valence-corrected chi connectivity index (χ0v) is 9.97. The summed E-state index contributed by atoms with van der Waals surface area (Å²) in [7, 11) is 0. The van der Waals surface area contributed by atoms with Gasteiger partial charge < -0.3 is 5.11 Å². The van der Waals surface area contributed by atoms with Crippen molar-refractivity contribution in [2.45, 2.75) is 20.8 Å². The molecule has 18 heavy (non-hydrogen) atoms. The van der Waals surface area contributed by atoms with Gasteiger partial charge in [0, 0.05) is 13.8 Å². The Bertz CT molecular complexity index is 542. The number of carboxylic acid groups (broad SMARTS) is 1. The molecule has 0 radical (unpaired) electrons. The van der Waals surface area contributed by atoms with E-state index in [0.717, 1.165) is 20.8 Å². The van der Waals surface area contributed by atoms with Crippen LogP contribution in [0.15, 0.2) is 0 Å². The van der Waals surface area contributed by atoms with Crippen molar-refractivity contribution in [1.82, 2.24) is 9.97 Å². The molecule has 0 saturated heterocycles. The van der Waals surface area contributed by atoms with Crippen molar-refractivity contribution >= 4 is 23.3 Å². The second-order valence-electron chi connectivity index (χ2n) is 3.59. The van der Waals surface area contributed by atoms with Gasteiger partial charge in [-0.25, -0.2) is 14.8 Å². The SMILES string of the molecule is CC(=O)c1nc(C(C)=O)c(C(C)=O)c(C(=O)O)n1. The van der Waals surface area contributed by atoms with Gasteiger partial charge in [-0.05, 0) is 6.92 Å². The zero-order valence-electron chi connectivity index (χ0n) is 9.97. The topological polar surface area (TPSA) is 114 Å². The molecule has 7 heteroatoms. The second-order valence-corrected chi connectivity index (χ2v) is 3.59. The molecule has 0 aliphatic heterocycles. The van der Waals surface area contributed by atoms with E-state index in [2.05, 4.69) is 9.97 Å². The minimum Gasteiger partial charge on any atom is -0.476 e. The Morgan fingerprint density at radius 3 is 1.67 bits per heavy atom. The predicted molar refractivity (Wildman–Crippen MR) is 59.0 cm³/mol. The Hall–Kier alpha value is -2.44. The van der Waals surface area contributed by atoms with E-state index in [1.165, 1.54) is 0 Å². The van der Waals surface area contributed by atoms with Crippen LogP contribution < -0.4 is 0 Å². The van der Waals surface area contributed by atoms with Crippen LogP contribution in [-0.2, 0) is 0 Å². The van der Waals surface area contributed by atoms with Crippen LogP contribution in [0.5, 0.6) is 0 Å². The highest BCUT2D eigenvalue weighted by Crippen LogP contribution is 2.14. The van der Waals surface area contributed by atoms with Crippen LogP contribution in [-0.4, -0.2) is 38.4 Å². The molecule has 1 N–H and O–H groups in total. The van der Waals surface area contributed by atoms with Crippen molar-refractivity contribution in [3.8, 4) is 0 Å². The fraction of sp³-hybridized carbons (Fsp3) is 0.273. The number of carbonyl (C=O) groups excluding carboxylic acids is 3. The van der Waals surface area contributed by atoms with E-state index in [1.807, 2.05) is 0 Å². The maximum Gasteiger partial charge on any atom is 0.355 e. The molecule has 0 aliphatic rings. The smallest absolute Gasteiger partial charge is 0.355 e. The molecule has 94 valence electrons. The Morgan fingerprint density at radius 1 is 0.833 bits per heavy atom. The average molecular weight is 250 g/mol. The number of nitrogens with zero attached hydrogens (tertiary/aromatic N) is 2. The standard InChI is InChI=1S/C11H10N2O5/c1-4(14)7-8(5(2)15)12-10(6(3)16)13-9(7)11(17)18/h1-3H3,(H,17,18). The van der Waals surface area contributed by atoms with Gasteiger partial charge in [-0.2, -0.15) is 0 Å². The summed E-state index contributed by atoms with van der Waals surface area (Å²) in [6.45, 7) is 3.37. The van der Waals surface area contributed by atoms with E-state index in [0.29, 0.717) is 0 Å². The molecule has 0 saturated carbocycles. The molecule has 0 spiro atoms. The van der Waals surface area contributed by atoms with Crippen molar-refractivity contribution in [1.29, 1.82) is 0 Å². The van der Waals surface area contributed by atoms with Gasteiger partial charge >= 0.3 is 5.97 Å². The van der Waals surface area contributed by atoms with Gasteiger partial charge in [0.1, 0.15) is 5.69 Å². The van der Waals surface area contributed by atoms with E-state index < -0.39 is 34.8 Å². The van der Waals surface area contributed by atoms with Gasteiger partial charge in [-0.1, -0.05) is 0 Å². The molecular formula is C11H10N2O5. The molecule has 1 aromatic rings.